The molecule has 0 saturated heterocycles. The molecule has 2 rings (SSSR count). The molecular formula is C12H9ClN4. The van der Waals surface area contributed by atoms with E-state index >= 15 is 0 Å². The summed E-state index contributed by atoms with van der Waals surface area (Å²) in [6.07, 6.45) is 3.38. The fourth-order valence-corrected chi connectivity index (χ4v) is 1.54. The normalized spacial score (nSPS) is 9.65. The van der Waals surface area contributed by atoms with Gasteiger partial charge in [0.1, 0.15) is 11.9 Å². The van der Waals surface area contributed by atoms with Crippen molar-refractivity contribution in [1.82, 2.24) is 9.97 Å². The van der Waals surface area contributed by atoms with Crippen LogP contribution in [0.4, 0.5) is 5.69 Å². The molecular weight excluding hydrogens is 236 g/mol. The lowest BCUT2D eigenvalue weighted by Gasteiger charge is -2.05. The second-order valence-electron chi connectivity index (χ2n) is 3.33. The van der Waals surface area contributed by atoms with Crippen molar-refractivity contribution in [1.29, 1.82) is 5.26 Å². The Hall–Kier alpha value is -2.12. The van der Waals surface area contributed by atoms with Crippen LogP contribution in [0.2, 0.25) is 5.02 Å². The van der Waals surface area contributed by atoms with E-state index in [0.717, 1.165) is 5.69 Å². The van der Waals surface area contributed by atoms with Crippen LogP contribution in [-0.2, 0) is 6.54 Å². The maximum atomic E-state index is 8.74. The topological polar surface area (TPSA) is 61.6 Å². The van der Waals surface area contributed by atoms with Gasteiger partial charge in [-0.15, -0.1) is 0 Å². The van der Waals surface area contributed by atoms with Crippen LogP contribution in [-0.4, -0.2) is 9.97 Å². The highest BCUT2D eigenvalue weighted by atomic mass is 35.5. The summed E-state index contributed by atoms with van der Waals surface area (Å²) in [4.78, 5) is 8.18. The number of nitrogens with zero attached hydrogens (tertiary/aromatic N) is 3. The first-order chi connectivity index (χ1) is 8.29. The van der Waals surface area contributed by atoms with E-state index in [2.05, 4.69) is 15.3 Å². The van der Waals surface area contributed by atoms with Gasteiger partial charge < -0.3 is 5.32 Å². The number of nitrogens with one attached hydrogen (secondary N) is 1. The largest absolute Gasteiger partial charge is 0.378 e. The lowest BCUT2D eigenvalue weighted by Crippen LogP contribution is -2.03. The Morgan fingerprint density at radius 1 is 1.29 bits per heavy atom. The zero-order valence-electron chi connectivity index (χ0n) is 8.89. The van der Waals surface area contributed by atoms with E-state index in [4.69, 9.17) is 16.9 Å². The van der Waals surface area contributed by atoms with Gasteiger partial charge in [0, 0.05) is 18.1 Å². The lowest BCUT2D eigenvalue weighted by molar-refractivity contribution is 0.948. The van der Waals surface area contributed by atoms with Crippen molar-refractivity contribution in [2.45, 2.75) is 6.54 Å². The number of hydrogen-bond acceptors (Lipinski definition) is 4. The number of nitriles is 1. The van der Waals surface area contributed by atoms with Crippen LogP contribution < -0.4 is 5.32 Å². The van der Waals surface area contributed by atoms with E-state index < -0.39 is 0 Å². The molecule has 1 aromatic carbocycles. The Morgan fingerprint density at radius 2 is 2.06 bits per heavy atom. The Labute approximate surface area is 104 Å². The Kier molecular flexibility index (Phi) is 3.53. The molecule has 0 amide bonds. The van der Waals surface area contributed by atoms with Crippen LogP contribution in [0.1, 0.15) is 11.4 Å². The minimum absolute atomic E-state index is 0.437. The molecule has 0 atom stereocenters. The molecule has 84 valence electrons. The second kappa shape index (κ2) is 5.28. The second-order valence-corrected chi connectivity index (χ2v) is 3.73. The number of rotatable bonds is 3. The summed E-state index contributed by atoms with van der Waals surface area (Å²) in [5.74, 6) is 0.702. The third-order valence-corrected chi connectivity index (χ3v) is 2.47. The van der Waals surface area contributed by atoms with Gasteiger partial charge in [0.2, 0.25) is 0 Å². The van der Waals surface area contributed by atoms with Crippen molar-refractivity contribution in [2.24, 2.45) is 0 Å². The summed E-state index contributed by atoms with van der Waals surface area (Å²) < 4.78 is 0. The third kappa shape index (κ3) is 2.92. The first-order valence-corrected chi connectivity index (χ1v) is 5.37. The van der Waals surface area contributed by atoms with Crippen LogP contribution in [0.5, 0.6) is 0 Å². The van der Waals surface area contributed by atoms with Gasteiger partial charge in [-0.3, -0.25) is 0 Å². The number of benzene rings is 1. The first kappa shape index (κ1) is 11.4. The van der Waals surface area contributed by atoms with Crippen LogP contribution in [0.25, 0.3) is 0 Å². The molecule has 0 fully saturated rings. The summed E-state index contributed by atoms with van der Waals surface area (Å²) in [6.45, 7) is 0.517. The highest BCUT2D eigenvalue weighted by Crippen LogP contribution is 2.20. The summed E-state index contributed by atoms with van der Waals surface area (Å²) in [5, 5.41) is 12.3. The maximum Gasteiger partial charge on any atom is 0.147 e. The van der Waals surface area contributed by atoms with Gasteiger partial charge in [-0.1, -0.05) is 11.6 Å². The van der Waals surface area contributed by atoms with Gasteiger partial charge in [-0.2, -0.15) is 5.26 Å². The fraction of sp³-hybridized carbons (Fsp3) is 0.0833. The molecule has 0 aliphatic rings. The quantitative estimate of drug-likeness (QED) is 0.902. The van der Waals surface area contributed by atoms with E-state index in [1.807, 2.05) is 6.07 Å². The summed E-state index contributed by atoms with van der Waals surface area (Å²) in [5.41, 5.74) is 1.30. The molecule has 5 heteroatoms. The van der Waals surface area contributed by atoms with Gasteiger partial charge in [0.15, 0.2) is 0 Å². The van der Waals surface area contributed by atoms with Gasteiger partial charge in [-0.05, 0) is 24.3 Å². The van der Waals surface area contributed by atoms with Crippen molar-refractivity contribution >= 4 is 17.3 Å². The van der Waals surface area contributed by atoms with E-state index in [1.165, 1.54) is 0 Å². The molecule has 1 aromatic heterocycles. The van der Waals surface area contributed by atoms with Crippen LogP contribution in [0, 0.1) is 11.3 Å². The van der Waals surface area contributed by atoms with Crippen molar-refractivity contribution in [3.8, 4) is 6.07 Å². The van der Waals surface area contributed by atoms with Gasteiger partial charge in [0.05, 0.1) is 17.1 Å². The number of aromatic nitrogens is 2. The van der Waals surface area contributed by atoms with Crippen molar-refractivity contribution in [2.75, 3.05) is 5.32 Å². The molecule has 0 unspecified atom stereocenters. The molecule has 1 N–H and O–H groups in total. The van der Waals surface area contributed by atoms with E-state index in [9.17, 15) is 0 Å². The minimum Gasteiger partial charge on any atom is -0.378 e. The minimum atomic E-state index is 0.437. The zero-order valence-corrected chi connectivity index (χ0v) is 9.65. The molecule has 0 bridgehead atoms. The maximum absolute atomic E-state index is 8.74. The molecule has 0 saturated carbocycles. The van der Waals surface area contributed by atoms with E-state index in [1.54, 1.807) is 36.7 Å². The number of halogens is 1. The SMILES string of the molecule is N#Cc1ccc(NCc2ncccn2)cc1Cl. The highest BCUT2D eigenvalue weighted by Gasteiger charge is 2.01. The molecule has 0 aliphatic carbocycles. The van der Waals surface area contributed by atoms with E-state index in [-0.39, 0.29) is 0 Å². The molecule has 0 radical (unpaired) electrons. The Morgan fingerprint density at radius 3 is 2.71 bits per heavy atom. The Bertz CT molecular complexity index is 548. The highest BCUT2D eigenvalue weighted by molar-refractivity contribution is 6.32. The zero-order chi connectivity index (χ0) is 12.1. The van der Waals surface area contributed by atoms with E-state index in [0.29, 0.717) is 23.0 Å². The summed E-state index contributed by atoms with van der Waals surface area (Å²) in [7, 11) is 0. The van der Waals surface area contributed by atoms with Crippen LogP contribution in [0.15, 0.2) is 36.7 Å². The van der Waals surface area contributed by atoms with Crippen LogP contribution in [0.3, 0.4) is 0 Å². The monoisotopic (exact) mass is 244 g/mol. The molecule has 0 spiro atoms. The van der Waals surface area contributed by atoms with Crippen molar-refractivity contribution < 1.29 is 0 Å². The average Bonchev–Trinajstić information content (AvgIpc) is 2.38. The molecule has 1 heterocycles. The molecule has 4 nitrogen and oxygen atoms in total. The third-order valence-electron chi connectivity index (χ3n) is 2.16. The van der Waals surface area contributed by atoms with Gasteiger partial charge in [-0.25, -0.2) is 9.97 Å². The Balaban J connectivity index is 2.06. The van der Waals surface area contributed by atoms with Gasteiger partial charge in [0.25, 0.3) is 0 Å². The summed E-state index contributed by atoms with van der Waals surface area (Å²) >= 11 is 5.92. The molecule has 2 aromatic rings. The van der Waals surface area contributed by atoms with Crippen molar-refractivity contribution in [3.05, 3.63) is 53.1 Å². The number of hydrogen-bond donors (Lipinski definition) is 1. The first-order valence-electron chi connectivity index (χ1n) is 4.99. The standard InChI is InChI=1S/C12H9ClN4/c13-11-6-10(3-2-9(11)7-14)17-8-12-15-4-1-5-16-12/h1-6,17H,8H2. The fourth-order valence-electron chi connectivity index (χ4n) is 1.32. The van der Waals surface area contributed by atoms with Gasteiger partial charge >= 0.3 is 0 Å². The number of anilines is 1. The predicted octanol–water partition coefficient (Wildman–Crippen LogP) is 2.61. The molecule has 0 aliphatic heterocycles. The molecule has 17 heavy (non-hydrogen) atoms. The lowest BCUT2D eigenvalue weighted by atomic mass is 10.2. The summed E-state index contributed by atoms with van der Waals surface area (Å²) in [6, 6.07) is 8.97. The smallest absolute Gasteiger partial charge is 0.147 e. The average molecular weight is 245 g/mol. The van der Waals surface area contributed by atoms with Crippen LogP contribution >= 0.6 is 11.6 Å². The van der Waals surface area contributed by atoms with Crippen molar-refractivity contribution in [3.63, 3.8) is 0 Å². The predicted molar refractivity (Wildman–Crippen MR) is 65.5 cm³/mol.